The molecule has 19 heavy (non-hydrogen) atoms. The first kappa shape index (κ1) is 12.0. The van der Waals surface area contributed by atoms with Crippen molar-refractivity contribution in [3.05, 3.63) is 70.3 Å². The van der Waals surface area contributed by atoms with Crippen LogP contribution in [0.25, 0.3) is 0 Å². The minimum absolute atomic E-state index is 0.210. The van der Waals surface area contributed by atoms with Crippen molar-refractivity contribution >= 4 is 5.78 Å². The lowest BCUT2D eigenvalue weighted by Gasteiger charge is -2.05. The number of carbonyl (C=O) groups is 1. The number of hydrogen-bond donors (Lipinski definition) is 0. The summed E-state index contributed by atoms with van der Waals surface area (Å²) in [5, 5.41) is 0. The molecule has 3 heteroatoms. The molecule has 0 saturated heterocycles. The van der Waals surface area contributed by atoms with E-state index in [9.17, 15) is 13.6 Å². The Balaban J connectivity index is 2.02. The minimum atomic E-state index is -0.688. The predicted octanol–water partition coefficient (Wildman–Crippen LogP) is 3.68. The second-order valence-electron chi connectivity index (χ2n) is 4.79. The van der Waals surface area contributed by atoms with Gasteiger partial charge in [0.05, 0.1) is 5.56 Å². The molecule has 0 spiro atoms. The van der Waals surface area contributed by atoms with Gasteiger partial charge >= 0.3 is 0 Å². The molecular weight excluding hydrogens is 246 g/mol. The predicted molar refractivity (Wildman–Crippen MR) is 68.3 cm³/mol. The zero-order valence-corrected chi connectivity index (χ0v) is 10.2. The fourth-order valence-electron chi connectivity index (χ4n) is 2.54. The Kier molecular flexibility index (Phi) is 2.90. The van der Waals surface area contributed by atoms with Crippen molar-refractivity contribution in [2.24, 2.45) is 0 Å². The van der Waals surface area contributed by atoms with Crippen molar-refractivity contribution in [3.8, 4) is 0 Å². The van der Waals surface area contributed by atoms with E-state index in [-0.39, 0.29) is 5.56 Å². The highest BCUT2D eigenvalue weighted by Gasteiger charge is 2.18. The molecule has 0 bridgehead atoms. The highest BCUT2D eigenvalue weighted by molar-refractivity contribution is 6.09. The molecule has 0 saturated carbocycles. The summed E-state index contributed by atoms with van der Waals surface area (Å²) < 4.78 is 26.7. The van der Waals surface area contributed by atoms with Crippen LogP contribution in [0.1, 0.15) is 33.5 Å². The van der Waals surface area contributed by atoms with E-state index < -0.39 is 17.4 Å². The van der Waals surface area contributed by atoms with Gasteiger partial charge in [0.2, 0.25) is 0 Å². The van der Waals surface area contributed by atoms with Gasteiger partial charge in [0.1, 0.15) is 11.6 Å². The van der Waals surface area contributed by atoms with Crippen LogP contribution in [-0.2, 0) is 12.8 Å². The maximum atomic E-state index is 13.6. The summed E-state index contributed by atoms with van der Waals surface area (Å²) in [6.07, 6.45) is 3.06. The lowest BCUT2D eigenvalue weighted by Crippen LogP contribution is -2.05. The van der Waals surface area contributed by atoms with Gasteiger partial charge in [-0.25, -0.2) is 8.78 Å². The maximum Gasteiger partial charge on any atom is 0.196 e. The van der Waals surface area contributed by atoms with Crippen molar-refractivity contribution in [1.82, 2.24) is 0 Å². The van der Waals surface area contributed by atoms with Gasteiger partial charge in [-0.2, -0.15) is 0 Å². The summed E-state index contributed by atoms with van der Waals surface area (Å²) in [5.41, 5.74) is 2.60. The minimum Gasteiger partial charge on any atom is -0.288 e. The Hall–Kier alpha value is -2.03. The Morgan fingerprint density at radius 3 is 2.58 bits per heavy atom. The summed E-state index contributed by atoms with van der Waals surface area (Å²) in [6.45, 7) is 0. The summed E-state index contributed by atoms with van der Waals surface area (Å²) in [4.78, 5) is 12.2. The average Bonchev–Trinajstić information content (AvgIpc) is 2.88. The smallest absolute Gasteiger partial charge is 0.196 e. The van der Waals surface area contributed by atoms with Crippen LogP contribution in [0.15, 0.2) is 36.4 Å². The Morgan fingerprint density at radius 1 is 0.947 bits per heavy atom. The van der Waals surface area contributed by atoms with E-state index in [4.69, 9.17) is 0 Å². The lowest BCUT2D eigenvalue weighted by atomic mass is 9.99. The largest absolute Gasteiger partial charge is 0.288 e. The van der Waals surface area contributed by atoms with E-state index >= 15 is 0 Å². The van der Waals surface area contributed by atoms with Crippen molar-refractivity contribution in [3.63, 3.8) is 0 Å². The third-order valence-corrected chi connectivity index (χ3v) is 3.53. The molecule has 0 N–H and O–H groups in total. The van der Waals surface area contributed by atoms with Crippen LogP contribution in [0.2, 0.25) is 0 Å². The van der Waals surface area contributed by atoms with Crippen LogP contribution in [-0.4, -0.2) is 5.78 Å². The second kappa shape index (κ2) is 4.57. The van der Waals surface area contributed by atoms with Crippen LogP contribution >= 0.6 is 0 Å². The zero-order valence-electron chi connectivity index (χ0n) is 10.2. The van der Waals surface area contributed by atoms with Gasteiger partial charge in [-0.05, 0) is 54.7 Å². The van der Waals surface area contributed by atoms with Crippen LogP contribution in [0, 0.1) is 11.6 Å². The molecule has 0 radical (unpaired) electrons. The number of fused-ring (bicyclic) bond motifs is 1. The number of ketones is 1. The van der Waals surface area contributed by atoms with Crippen molar-refractivity contribution in [2.45, 2.75) is 19.3 Å². The van der Waals surface area contributed by atoms with Crippen LogP contribution in [0.3, 0.4) is 0 Å². The highest BCUT2D eigenvalue weighted by atomic mass is 19.1. The molecule has 3 rings (SSSR count). The quantitative estimate of drug-likeness (QED) is 0.751. The summed E-state index contributed by atoms with van der Waals surface area (Å²) in [6, 6.07) is 8.34. The first-order chi connectivity index (χ1) is 9.15. The van der Waals surface area contributed by atoms with Gasteiger partial charge < -0.3 is 0 Å². The lowest BCUT2D eigenvalue weighted by molar-refractivity contribution is 0.103. The van der Waals surface area contributed by atoms with Crippen LogP contribution < -0.4 is 0 Å². The van der Waals surface area contributed by atoms with Gasteiger partial charge in [0, 0.05) is 5.56 Å². The molecule has 96 valence electrons. The van der Waals surface area contributed by atoms with E-state index in [1.54, 1.807) is 12.1 Å². The number of rotatable bonds is 2. The molecule has 1 nitrogen and oxygen atoms in total. The first-order valence-electron chi connectivity index (χ1n) is 6.27. The summed E-state index contributed by atoms with van der Waals surface area (Å²) in [7, 11) is 0. The molecule has 0 amide bonds. The summed E-state index contributed by atoms with van der Waals surface area (Å²) >= 11 is 0. The molecule has 0 aromatic heterocycles. The van der Waals surface area contributed by atoms with Gasteiger partial charge in [0.25, 0.3) is 0 Å². The molecule has 1 aliphatic rings. The SMILES string of the molecule is O=C(c1ccc2c(c1)CCC2)c1cc(F)ccc1F. The molecule has 0 fully saturated rings. The van der Waals surface area contributed by atoms with Gasteiger partial charge in [0.15, 0.2) is 5.78 Å². The number of benzene rings is 2. The van der Waals surface area contributed by atoms with E-state index in [0.29, 0.717) is 5.56 Å². The number of halogens is 2. The Labute approximate surface area is 109 Å². The number of aryl methyl sites for hydroxylation is 2. The fraction of sp³-hybridized carbons (Fsp3) is 0.188. The standard InChI is InChI=1S/C16H12F2O/c17-13-6-7-15(18)14(9-13)16(19)12-5-4-10-2-1-3-11(10)8-12/h4-9H,1-3H2. The molecule has 0 atom stereocenters. The van der Waals surface area contributed by atoms with Crippen LogP contribution in [0.4, 0.5) is 8.78 Å². The van der Waals surface area contributed by atoms with Gasteiger partial charge in [-0.1, -0.05) is 12.1 Å². The molecule has 0 heterocycles. The maximum absolute atomic E-state index is 13.6. The zero-order chi connectivity index (χ0) is 13.4. The van der Waals surface area contributed by atoms with E-state index in [2.05, 4.69) is 0 Å². The second-order valence-corrected chi connectivity index (χ2v) is 4.79. The van der Waals surface area contributed by atoms with E-state index in [0.717, 1.165) is 43.0 Å². The third kappa shape index (κ3) is 2.16. The van der Waals surface area contributed by atoms with Crippen molar-refractivity contribution < 1.29 is 13.6 Å². The molecular formula is C16H12F2O. The summed E-state index contributed by atoms with van der Waals surface area (Å²) in [5.74, 6) is -1.76. The molecule has 2 aromatic carbocycles. The van der Waals surface area contributed by atoms with Crippen molar-refractivity contribution in [1.29, 1.82) is 0 Å². The van der Waals surface area contributed by atoms with E-state index in [1.807, 2.05) is 6.07 Å². The normalized spacial score (nSPS) is 13.4. The third-order valence-electron chi connectivity index (χ3n) is 3.53. The number of carbonyl (C=O) groups excluding carboxylic acids is 1. The average molecular weight is 258 g/mol. The number of hydrogen-bond acceptors (Lipinski definition) is 1. The Morgan fingerprint density at radius 2 is 1.74 bits per heavy atom. The monoisotopic (exact) mass is 258 g/mol. The topological polar surface area (TPSA) is 17.1 Å². The fourth-order valence-corrected chi connectivity index (χ4v) is 2.54. The molecule has 2 aromatic rings. The van der Waals surface area contributed by atoms with Crippen molar-refractivity contribution in [2.75, 3.05) is 0 Å². The van der Waals surface area contributed by atoms with Crippen LogP contribution in [0.5, 0.6) is 0 Å². The Bertz CT molecular complexity index is 662. The van der Waals surface area contributed by atoms with E-state index in [1.165, 1.54) is 5.56 Å². The highest BCUT2D eigenvalue weighted by Crippen LogP contribution is 2.24. The molecule has 1 aliphatic carbocycles. The van der Waals surface area contributed by atoms with Gasteiger partial charge in [-0.3, -0.25) is 4.79 Å². The molecule has 0 unspecified atom stereocenters. The molecule has 0 aliphatic heterocycles. The van der Waals surface area contributed by atoms with Gasteiger partial charge in [-0.15, -0.1) is 0 Å². The first-order valence-corrected chi connectivity index (χ1v) is 6.27.